The number of halogens is 2. The second-order valence-corrected chi connectivity index (χ2v) is 9.05. The number of hydrogen-bond acceptors (Lipinski definition) is 4. The summed E-state index contributed by atoms with van der Waals surface area (Å²) in [5, 5.41) is 9.59. The molecule has 1 saturated heterocycles. The zero-order valence-electron chi connectivity index (χ0n) is 15.1. The summed E-state index contributed by atoms with van der Waals surface area (Å²) in [5.74, 6) is -1.79. The summed E-state index contributed by atoms with van der Waals surface area (Å²) in [6.07, 6.45) is 0.922. The van der Waals surface area contributed by atoms with E-state index in [9.17, 15) is 22.3 Å². The predicted octanol–water partition coefficient (Wildman–Crippen LogP) is 3.46. The number of nitrogens with zero attached hydrogens (tertiary/aromatic N) is 1. The van der Waals surface area contributed by atoms with Crippen molar-refractivity contribution in [2.75, 3.05) is 18.8 Å². The van der Waals surface area contributed by atoms with Crippen molar-refractivity contribution in [3.63, 3.8) is 0 Å². The van der Waals surface area contributed by atoms with E-state index in [1.54, 1.807) is 6.92 Å². The van der Waals surface area contributed by atoms with Crippen molar-refractivity contribution in [1.82, 2.24) is 4.90 Å². The molecule has 1 heterocycles. The Hall–Kier alpha value is -1.83. The minimum Gasteiger partial charge on any atom is -0.379 e. The van der Waals surface area contributed by atoms with Crippen molar-refractivity contribution < 1.29 is 22.3 Å². The number of aliphatic hydroxyl groups is 1. The first-order valence-corrected chi connectivity index (χ1v) is 10.6. The molecule has 0 radical (unpaired) electrons. The third-order valence-corrected chi connectivity index (χ3v) is 7.01. The number of rotatable bonds is 5. The van der Waals surface area contributed by atoms with Crippen LogP contribution in [0.25, 0.3) is 11.1 Å². The van der Waals surface area contributed by atoms with Crippen molar-refractivity contribution >= 4 is 9.84 Å². The zero-order valence-corrected chi connectivity index (χ0v) is 15.9. The summed E-state index contributed by atoms with van der Waals surface area (Å²) in [5.41, 5.74) is 0.528. The maximum atomic E-state index is 13.9. The molecule has 1 aliphatic rings. The molecule has 7 heteroatoms. The molecule has 3 rings (SSSR count). The van der Waals surface area contributed by atoms with Crippen LogP contribution in [0.15, 0.2) is 47.4 Å². The summed E-state index contributed by atoms with van der Waals surface area (Å²) in [4.78, 5) is 2.10. The van der Waals surface area contributed by atoms with Crippen LogP contribution in [0.5, 0.6) is 0 Å². The molecular formula is C20H23F2NO3S. The second-order valence-electron chi connectivity index (χ2n) is 7.02. The maximum Gasteiger partial charge on any atom is 0.178 e. The highest BCUT2D eigenvalue weighted by Gasteiger charge is 2.27. The molecule has 1 aliphatic heterocycles. The number of likely N-dealkylation sites (tertiary alicyclic amines) is 1. The smallest absolute Gasteiger partial charge is 0.178 e. The van der Waals surface area contributed by atoms with Crippen LogP contribution >= 0.6 is 0 Å². The van der Waals surface area contributed by atoms with Gasteiger partial charge in [0.1, 0.15) is 6.23 Å². The Bertz CT molecular complexity index is 890. The Kier molecular flexibility index (Phi) is 5.93. The maximum absolute atomic E-state index is 13.9. The summed E-state index contributed by atoms with van der Waals surface area (Å²) in [6.45, 7) is 3.06. The van der Waals surface area contributed by atoms with Crippen molar-refractivity contribution in [3.05, 3.63) is 54.1 Å². The molecule has 0 aromatic heterocycles. The second kappa shape index (κ2) is 8.04. The lowest BCUT2D eigenvalue weighted by molar-refractivity contribution is -0.00126. The van der Waals surface area contributed by atoms with Crippen molar-refractivity contribution in [1.29, 1.82) is 0 Å². The zero-order chi connectivity index (χ0) is 19.6. The lowest BCUT2D eigenvalue weighted by Crippen LogP contribution is -2.41. The van der Waals surface area contributed by atoms with E-state index in [0.29, 0.717) is 18.7 Å². The third-order valence-electron chi connectivity index (χ3n) is 5.11. The standard InChI is InChI=1S/C20H23F2NO3S/c1-14(24)23-11-9-15(10-12-23)13-27(25,26)17-7-5-16(6-8-17)18-3-2-4-19(21)20(18)22/h2-8,14-15,24H,9-13H2,1H3. The fourth-order valence-electron chi connectivity index (χ4n) is 3.47. The molecule has 1 atom stereocenters. The van der Waals surface area contributed by atoms with Gasteiger partial charge in [-0.15, -0.1) is 0 Å². The molecule has 27 heavy (non-hydrogen) atoms. The average Bonchev–Trinajstić information content (AvgIpc) is 2.64. The molecule has 2 aromatic carbocycles. The Labute approximate surface area is 158 Å². The Morgan fingerprint density at radius 1 is 1.11 bits per heavy atom. The number of sulfone groups is 1. The van der Waals surface area contributed by atoms with Gasteiger partial charge in [-0.2, -0.15) is 0 Å². The van der Waals surface area contributed by atoms with Gasteiger partial charge in [0, 0.05) is 18.7 Å². The number of hydrogen-bond donors (Lipinski definition) is 1. The van der Waals surface area contributed by atoms with E-state index in [1.165, 1.54) is 36.4 Å². The summed E-state index contributed by atoms with van der Waals surface area (Å²) >= 11 is 0. The molecule has 1 N–H and O–H groups in total. The molecule has 4 nitrogen and oxygen atoms in total. The van der Waals surface area contributed by atoms with Gasteiger partial charge in [-0.3, -0.25) is 4.90 Å². The van der Waals surface area contributed by atoms with Gasteiger partial charge in [0.05, 0.1) is 10.6 Å². The van der Waals surface area contributed by atoms with Gasteiger partial charge in [0.15, 0.2) is 21.5 Å². The van der Waals surface area contributed by atoms with Crippen LogP contribution in [0.2, 0.25) is 0 Å². The highest BCUT2D eigenvalue weighted by molar-refractivity contribution is 7.91. The SMILES string of the molecule is CC(O)N1CCC(CS(=O)(=O)c2ccc(-c3cccc(F)c3F)cc2)CC1. The molecule has 2 aromatic rings. The van der Waals surface area contributed by atoms with E-state index in [0.717, 1.165) is 18.9 Å². The molecule has 0 amide bonds. The van der Waals surface area contributed by atoms with E-state index in [4.69, 9.17) is 0 Å². The molecule has 1 unspecified atom stereocenters. The fourth-order valence-corrected chi connectivity index (χ4v) is 5.17. The summed E-state index contributed by atoms with van der Waals surface area (Å²) < 4.78 is 52.7. The van der Waals surface area contributed by atoms with Crippen LogP contribution in [0.4, 0.5) is 8.78 Å². The van der Waals surface area contributed by atoms with Crippen LogP contribution in [-0.2, 0) is 9.84 Å². The third kappa shape index (κ3) is 4.54. The molecule has 0 spiro atoms. The predicted molar refractivity (Wildman–Crippen MR) is 99.8 cm³/mol. The Morgan fingerprint density at radius 2 is 1.74 bits per heavy atom. The van der Waals surface area contributed by atoms with Crippen molar-refractivity contribution in [3.8, 4) is 11.1 Å². The van der Waals surface area contributed by atoms with E-state index < -0.39 is 27.7 Å². The molecular weight excluding hydrogens is 372 g/mol. The summed E-state index contributed by atoms with van der Waals surface area (Å²) in [6, 6.07) is 9.80. The van der Waals surface area contributed by atoms with Gasteiger partial charge in [-0.25, -0.2) is 17.2 Å². The van der Waals surface area contributed by atoms with E-state index in [1.807, 2.05) is 4.90 Å². The lowest BCUT2D eigenvalue weighted by Gasteiger charge is -2.33. The van der Waals surface area contributed by atoms with Gasteiger partial charge < -0.3 is 5.11 Å². The minimum absolute atomic E-state index is 0.0466. The number of benzene rings is 2. The lowest BCUT2D eigenvalue weighted by atomic mass is 9.99. The van der Waals surface area contributed by atoms with Crippen molar-refractivity contribution in [2.24, 2.45) is 5.92 Å². The van der Waals surface area contributed by atoms with Gasteiger partial charge in [-0.05, 0) is 49.4 Å². The fraction of sp³-hybridized carbons (Fsp3) is 0.400. The van der Waals surface area contributed by atoms with E-state index in [2.05, 4.69) is 0 Å². The molecule has 0 aliphatic carbocycles. The van der Waals surface area contributed by atoms with Gasteiger partial charge in [0.25, 0.3) is 0 Å². The first-order chi connectivity index (χ1) is 12.8. The van der Waals surface area contributed by atoms with Crippen LogP contribution in [0, 0.1) is 17.6 Å². The van der Waals surface area contributed by atoms with Crippen molar-refractivity contribution in [2.45, 2.75) is 30.9 Å². The topological polar surface area (TPSA) is 57.6 Å². The summed E-state index contributed by atoms with van der Waals surface area (Å²) in [7, 11) is -3.46. The number of piperidine rings is 1. The molecule has 0 saturated carbocycles. The monoisotopic (exact) mass is 395 g/mol. The Morgan fingerprint density at radius 3 is 2.33 bits per heavy atom. The Balaban J connectivity index is 1.72. The first kappa shape index (κ1) is 19.9. The average molecular weight is 395 g/mol. The molecule has 0 bridgehead atoms. The van der Waals surface area contributed by atoms with Gasteiger partial charge >= 0.3 is 0 Å². The first-order valence-electron chi connectivity index (χ1n) is 8.97. The molecule has 1 fully saturated rings. The van der Waals surface area contributed by atoms with Crippen LogP contribution in [-0.4, -0.2) is 43.5 Å². The number of aliphatic hydroxyl groups excluding tert-OH is 1. The minimum atomic E-state index is -3.46. The molecule has 146 valence electrons. The highest BCUT2D eigenvalue weighted by Crippen LogP contribution is 2.27. The largest absolute Gasteiger partial charge is 0.379 e. The normalized spacial score (nSPS) is 17.8. The van der Waals surface area contributed by atoms with Gasteiger partial charge in [-0.1, -0.05) is 24.3 Å². The van der Waals surface area contributed by atoms with Crippen LogP contribution in [0.1, 0.15) is 19.8 Å². The van der Waals surface area contributed by atoms with E-state index >= 15 is 0 Å². The quantitative estimate of drug-likeness (QED) is 0.843. The van der Waals surface area contributed by atoms with Crippen LogP contribution < -0.4 is 0 Å². The van der Waals surface area contributed by atoms with E-state index in [-0.39, 0.29) is 22.1 Å². The van der Waals surface area contributed by atoms with Crippen LogP contribution in [0.3, 0.4) is 0 Å². The highest BCUT2D eigenvalue weighted by atomic mass is 32.2. The van der Waals surface area contributed by atoms with Gasteiger partial charge in [0.2, 0.25) is 0 Å².